The lowest BCUT2D eigenvalue weighted by atomic mass is 10.0. The van der Waals surface area contributed by atoms with Crippen LogP contribution in [0.4, 0.5) is 0 Å². The molecule has 214 valence electrons. The summed E-state index contributed by atoms with van der Waals surface area (Å²) in [6, 6.07) is 23.5. The summed E-state index contributed by atoms with van der Waals surface area (Å²) in [6.07, 6.45) is 0.654. The van der Waals surface area contributed by atoms with Crippen LogP contribution < -0.4 is 25.8 Å². The van der Waals surface area contributed by atoms with E-state index >= 15 is 0 Å². The van der Waals surface area contributed by atoms with E-state index in [-0.39, 0.29) is 17.4 Å². The van der Waals surface area contributed by atoms with Crippen molar-refractivity contribution in [3.05, 3.63) is 95.6 Å². The summed E-state index contributed by atoms with van der Waals surface area (Å²) in [5.41, 5.74) is 8.41. The highest BCUT2D eigenvalue weighted by atomic mass is 16.5. The molecule has 3 aromatic rings. The Morgan fingerprint density at radius 2 is 1.27 bits per heavy atom. The van der Waals surface area contributed by atoms with E-state index in [1.54, 1.807) is 0 Å². The lowest BCUT2D eigenvalue weighted by Crippen LogP contribution is -2.56. The number of hydrogen-bond acceptors (Lipinski definition) is 5. The minimum absolute atomic E-state index is 0.263. The van der Waals surface area contributed by atoms with Gasteiger partial charge in [-0.05, 0) is 88.9 Å². The average molecular weight is 546 g/mol. The summed E-state index contributed by atoms with van der Waals surface area (Å²) in [7, 11) is 0. The second-order valence-corrected chi connectivity index (χ2v) is 12.1. The highest BCUT2D eigenvalue weighted by Crippen LogP contribution is 2.19. The first-order valence-corrected chi connectivity index (χ1v) is 13.7. The third kappa shape index (κ3) is 10.7. The van der Waals surface area contributed by atoms with E-state index in [1.165, 1.54) is 0 Å². The Hall–Kier alpha value is -3.84. The second-order valence-electron chi connectivity index (χ2n) is 12.1. The Bertz CT molecular complexity index is 1230. The largest absolute Gasteiger partial charge is 0.489 e. The molecule has 0 aliphatic rings. The van der Waals surface area contributed by atoms with Crippen LogP contribution in [-0.2, 0) is 29.0 Å². The maximum Gasteiger partial charge on any atom is 0.243 e. The van der Waals surface area contributed by atoms with Crippen LogP contribution in [0, 0.1) is 0 Å². The summed E-state index contributed by atoms with van der Waals surface area (Å²) in [5.74, 6) is 0.839. The number of rotatable bonds is 11. The van der Waals surface area contributed by atoms with Crippen LogP contribution >= 0.6 is 0 Å². The van der Waals surface area contributed by atoms with Crippen molar-refractivity contribution < 1.29 is 19.1 Å². The SMILES string of the molecule is CC(C)(C)NC(=O)C(Cc1ccc(OCc2ccccc2)cc1)NC(=O)C(N)Cc1ccc(OC(C)(C)C)cc1. The highest BCUT2D eigenvalue weighted by molar-refractivity contribution is 5.90. The van der Waals surface area contributed by atoms with Crippen molar-refractivity contribution in [1.82, 2.24) is 10.6 Å². The van der Waals surface area contributed by atoms with Crippen LogP contribution in [0.2, 0.25) is 0 Å². The molecule has 0 aromatic heterocycles. The van der Waals surface area contributed by atoms with Gasteiger partial charge in [-0.1, -0.05) is 54.6 Å². The van der Waals surface area contributed by atoms with Crippen molar-refractivity contribution in [3.63, 3.8) is 0 Å². The molecule has 0 aliphatic heterocycles. The van der Waals surface area contributed by atoms with Crippen molar-refractivity contribution in [2.24, 2.45) is 5.73 Å². The fraction of sp³-hybridized carbons (Fsp3) is 0.394. The standard InChI is InChI=1S/C33H43N3O4/c1-32(2,3)36-31(38)29(21-24-12-16-26(17-13-24)39-22-25-10-8-7-9-11-25)35-30(37)28(34)20-23-14-18-27(19-15-23)40-33(4,5)6/h7-19,28-29H,20-22,34H2,1-6H3,(H,35,37)(H,36,38). The Morgan fingerprint density at radius 3 is 1.82 bits per heavy atom. The molecule has 2 atom stereocenters. The van der Waals surface area contributed by atoms with Gasteiger partial charge < -0.3 is 25.8 Å². The Labute approximate surface area is 238 Å². The van der Waals surface area contributed by atoms with E-state index in [9.17, 15) is 9.59 Å². The molecular formula is C33H43N3O4. The molecule has 4 N–H and O–H groups in total. The van der Waals surface area contributed by atoms with E-state index < -0.39 is 17.6 Å². The first-order valence-electron chi connectivity index (χ1n) is 13.7. The minimum atomic E-state index is -0.812. The van der Waals surface area contributed by atoms with Gasteiger partial charge >= 0.3 is 0 Å². The molecule has 0 saturated carbocycles. The first kappa shape index (κ1) is 30.7. The van der Waals surface area contributed by atoms with E-state index in [0.717, 1.165) is 28.2 Å². The monoisotopic (exact) mass is 545 g/mol. The van der Waals surface area contributed by atoms with E-state index in [2.05, 4.69) is 10.6 Å². The normalized spacial score (nSPS) is 13.2. The van der Waals surface area contributed by atoms with Gasteiger partial charge in [-0.25, -0.2) is 0 Å². The van der Waals surface area contributed by atoms with Gasteiger partial charge in [-0.3, -0.25) is 9.59 Å². The van der Waals surface area contributed by atoms with E-state index in [4.69, 9.17) is 15.2 Å². The Kier molecular flexibility index (Phi) is 10.3. The fourth-order valence-electron chi connectivity index (χ4n) is 4.04. The minimum Gasteiger partial charge on any atom is -0.489 e. The van der Waals surface area contributed by atoms with Crippen molar-refractivity contribution in [3.8, 4) is 11.5 Å². The van der Waals surface area contributed by atoms with Crippen molar-refractivity contribution in [1.29, 1.82) is 0 Å². The Morgan fingerprint density at radius 1 is 0.725 bits per heavy atom. The summed E-state index contributed by atoms with van der Waals surface area (Å²) in [6.45, 7) is 12.1. The van der Waals surface area contributed by atoms with Crippen LogP contribution in [-0.4, -0.2) is 35.0 Å². The van der Waals surface area contributed by atoms with Crippen LogP contribution in [0.15, 0.2) is 78.9 Å². The maximum atomic E-state index is 13.2. The highest BCUT2D eigenvalue weighted by Gasteiger charge is 2.27. The lowest BCUT2D eigenvalue weighted by molar-refractivity contribution is -0.130. The topological polar surface area (TPSA) is 103 Å². The average Bonchev–Trinajstić information content (AvgIpc) is 2.87. The zero-order valence-corrected chi connectivity index (χ0v) is 24.5. The first-order chi connectivity index (χ1) is 18.8. The van der Waals surface area contributed by atoms with Gasteiger partial charge in [0, 0.05) is 12.0 Å². The van der Waals surface area contributed by atoms with Gasteiger partial charge in [0.05, 0.1) is 6.04 Å². The number of ether oxygens (including phenoxy) is 2. The van der Waals surface area contributed by atoms with Crippen molar-refractivity contribution in [2.45, 2.75) is 84.2 Å². The zero-order chi connectivity index (χ0) is 29.3. The zero-order valence-electron chi connectivity index (χ0n) is 24.5. The number of nitrogens with one attached hydrogen (secondary N) is 2. The summed E-state index contributed by atoms with van der Waals surface area (Å²) < 4.78 is 11.7. The molecule has 3 rings (SSSR count). The fourth-order valence-corrected chi connectivity index (χ4v) is 4.04. The molecule has 0 radical (unpaired) electrons. The molecule has 2 unspecified atom stereocenters. The molecule has 7 nitrogen and oxygen atoms in total. The molecule has 2 amide bonds. The number of carbonyl (C=O) groups excluding carboxylic acids is 2. The van der Waals surface area contributed by atoms with E-state index in [1.807, 2.05) is 120 Å². The van der Waals surface area contributed by atoms with Gasteiger partial charge in [0.1, 0.15) is 29.7 Å². The molecule has 0 fully saturated rings. The molecule has 40 heavy (non-hydrogen) atoms. The molecule has 0 heterocycles. The molecule has 7 heteroatoms. The number of benzene rings is 3. The summed E-state index contributed by atoms with van der Waals surface area (Å²) >= 11 is 0. The third-order valence-electron chi connectivity index (χ3n) is 5.88. The number of nitrogens with two attached hydrogens (primary N) is 1. The second kappa shape index (κ2) is 13.5. The molecule has 3 aromatic carbocycles. The number of carbonyl (C=O) groups is 2. The number of amides is 2. The quantitative estimate of drug-likeness (QED) is 0.316. The van der Waals surface area contributed by atoms with Gasteiger partial charge in [-0.2, -0.15) is 0 Å². The summed E-state index contributed by atoms with van der Waals surface area (Å²) in [5, 5.41) is 5.85. The van der Waals surface area contributed by atoms with Crippen LogP contribution in [0.25, 0.3) is 0 Å². The molecule has 0 saturated heterocycles. The molecule has 0 bridgehead atoms. The Balaban J connectivity index is 1.63. The predicted octanol–water partition coefficient (Wildman–Crippen LogP) is 4.95. The lowest BCUT2D eigenvalue weighted by Gasteiger charge is -2.26. The third-order valence-corrected chi connectivity index (χ3v) is 5.88. The smallest absolute Gasteiger partial charge is 0.243 e. The molecule has 0 aliphatic carbocycles. The van der Waals surface area contributed by atoms with Crippen molar-refractivity contribution in [2.75, 3.05) is 0 Å². The van der Waals surface area contributed by atoms with E-state index in [0.29, 0.717) is 19.4 Å². The van der Waals surface area contributed by atoms with Gasteiger partial charge in [-0.15, -0.1) is 0 Å². The number of hydrogen-bond donors (Lipinski definition) is 3. The van der Waals surface area contributed by atoms with Crippen molar-refractivity contribution >= 4 is 11.8 Å². The maximum absolute atomic E-state index is 13.2. The van der Waals surface area contributed by atoms with Gasteiger partial charge in [0.2, 0.25) is 11.8 Å². The van der Waals surface area contributed by atoms with Crippen LogP contribution in [0.5, 0.6) is 11.5 Å². The van der Waals surface area contributed by atoms with Gasteiger partial charge in [0.15, 0.2) is 0 Å². The van der Waals surface area contributed by atoms with Crippen LogP contribution in [0.3, 0.4) is 0 Å². The predicted molar refractivity (Wildman–Crippen MR) is 159 cm³/mol. The molecular weight excluding hydrogens is 502 g/mol. The van der Waals surface area contributed by atoms with Gasteiger partial charge in [0.25, 0.3) is 0 Å². The van der Waals surface area contributed by atoms with Crippen LogP contribution in [0.1, 0.15) is 58.2 Å². The molecule has 0 spiro atoms. The summed E-state index contributed by atoms with van der Waals surface area (Å²) in [4.78, 5) is 26.2.